The predicted molar refractivity (Wildman–Crippen MR) is 286 cm³/mol. The van der Waals surface area contributed by atoms with Crippen molar-refractivity contribution in [1.82, 2.24) is 5.32 Å². The van der Waals surface area contributed by atoms with Crippen LogP contribution in [0.4, 0.5) is 0 Å². The Kier molecular flexibility index (Phi) is 47.4. The van der Waals surface area contributed by atoms with Gasteiger partial charge in [0.1, 0.15) is 13.2 Å². The number of phosphoric acid groups is 1. The molecule has 0 aromatic heterocycles. The third kappa shape index (κ3) is 50.3. The zero-order chi connectivity index (χ0) is 48.5. The summed E-state index contributed by atoms with van der Waals surface area (Å²) < 4.78 is 23.6. The molecule has 9 heteroatoms. The topological polar surface area (TPSA) is 105 Å². The van der Waals surface area contributed by atoms with Crippen LogP contribution < -0.4 is 5.32 Å². The molecule has 0 fully saturated rings. The number of aliphatic hydroxyl groups is 1. The SMILES string of the molecule is CCCCCCC/C=C\C/C=C\CCCCCCCCCCCCCCCCCCCC(=O)NC(COP(=O)(O)OCC[N+](C)(C)C)C(O)/C=C/CC/C=C/CCCCCCCCCCC. The van der Waals surface area contributed by atoms with Crippen LogP contribution in [-0.2, 0) is 18.4 Å². The maximum absolute atomic E-state index is 13.0. The van der Waals surface area contributed by atoms with E-state index in [4.69, 9.17) is 9.05 Å². The molecule has 3 unspecified atom stereocenters. The van der Waals surface area contributed by atoms with Crippen LogP contribution in [0.3, 0.4) is 0 Å². The van der Waals surface area contributed by atoms with Gasteiger partial charge in [-0.1, -0.05) is 236 Å². The minimum atomic E-state index is -4.35. The van der Waals surface area contributed by atoms with Crippen LogP contribution in [0.1, 0.15) is 258 Å². The van der Waals surface area contributed by atoms with Crippen molar-refractivity contribution in [2.75, 3.05) is 40.9 Å². The number of rotatable bonds is 51. The van der Waals surface area contributed by atoms with Crippen molar-refractivity contribution in [3.05, 3.63) is 48.6 Å². The summed E-state index contributed by atoms with van der Waals surface area (Å²) in [6.07, 6.45) is 63.6. The summed E-state index contributed by atoms with van der Waals surface area (Å²) in [4.78, 5) is 23.2. The summed E-state index contributed by atoms with van der Waals surface area (Å²) in [7, 11) is 1.56. The highest BCUT2D eigenvalue weighted by Gasteiger charge is 2.27. The summed E-state index contributed by atoms with van der Waals surface area (Å²) in [5, 5.41) is 13.9. The van der Waals surface area contributed by atoms with Crippen LogP contribution in [0.25, 0.3) is 0 Å². The molecule has 3 N–H and O–H groups in total. The first-order chi connectivity index (χ1) is 32.0. The lowest BCUT2D eigenvalue weighted by atomic mass is 10.0. The van der Waals surface area contributed by atoms with Crippen LogP contribution in [0, 0.1) is 0 Å². The highest BCUT2D eigenvalue weighted by atomic mass is 31.2. The van der Waals surface area contributed by atoms with Crippen molar-refractivity contribution in [2.45, 2.75) is 270 Å². The molecule has 388 valence electrons. The third-order valence-corrected chi connectivity index (χ3v) is 13.5. The number of hydrogen-bond acceptors (Lipinski definition) is 5. The monoisotopic (exact) mass is 950 g/mol. The number of hydrogen-bond donors (Lipinski definition) is 3. The van der Waals surface area contributed by atoms with E-state index in [0.717, 1.165) is 44.9 Å². The van der Waals surface area contributed by atoms with Gasteiger partial charge < -0.3 is 19.8 Å². The molecule has 3 atom stereocenters. The Bertz CT molecular complexity index is 1210. The van der Waals surface area contributed by atoms with Gasteiger partial charge in [-0.2, -0.15) is 0 Å². The van der Waals surface area contributed by atoms with Crippen molar-refractivity contribution < 1.29 is 32.9 Å². The van der Waals surface area contributed by atoms with E-state index < -0.39 is 20.0 Å². The van der Waals surface area contributed by atoms with Crippen molar-refractivity contribution in [2.24, 2.45) is 0 Å². The van der Waals surface area contributed by atoms with Gasteiger partial charge in [-0.25, -0.2) is 4.57 Å². The summed E-state index contributed by atoms with van der Waals surface area (Å²) in [5.74, 6) is -0.185. The van der Waals surface area contributed by atoms with E-state index >= 15 is 0 Å². The number of likely N-dealkylation sites (N-methyl/N-ethyl adjacent to an activating group) is 1. The van der Waals surface area contributed by atoms with E-state index in [0.29, 0.717) is 17.4 Å². The smallest absolute Gasteiger partial charge is 0.387 e. The van der Waals surface area contributed by atoms with Crippen LogP contribution in [0.2, 0.25) is 0 Å². The Hall–Kier alpha value is -1.54. The van der Waals surface area contributed by atoms with Gasteiger partial charge in [0.25, 0.3) is 0 Å². The maximum atomic E-state index is 13.0. The molecule has 66 heavy (non-hydrogen) atoms. The Morgan fingerprint density at radius 2 is 0.879 bits per heavy atom. The average Bonchev–Trinajstić information content (AvgIpc) is 3.28. The number of quaternary nitrogens is 1. The first-order valence-electron chi connectivity index (χ1n) is 28.0. The first kappa shape index (κ1) is 64.5. The van der Waals surface area contributed by atoms with E-state index in [1.807, 2.05) is 27.2 Å². The van der Waals surface area contributed by atoms with Gasteiger partial charge in [-0.3, -0.25) is 13.8 Å². The lowest BCUT2D eigenvalue weighted by molar-refractivity contribution is -0.870. The Morgan fingerprint density at radius 1 is 0.515 bits per heavy atom. The zero-order valence-electron chi connectivity index (χ0n) is 44.2. The van der Waals surface area contributed by atoms with Crippen molar-refractivity contribution in [3.8, 4) is 0 Å². The van der Waals surface area contributed by atoms with E-state index in [1.54, 1.807) is 6.08 Å². The third-order valence-electron chi connectivity index (χ3n) is 12.5. The average molecular weight is 950 g/mol. The van der Waals surface area contributed by atoms with E-state index in [2.05, 4.69) is 55.6 Å². The second kappa shape index (κ2) is 48.5. The Labute approximate surface area is 409 Å². The number of aliphatic hydroxyl groups excluding tert-OH is 1. The number of nitrogens with one attached hydrogen (secondary N) is 1. The zero-order valence-corrected chi connectivity index (χ0v) is 45.1. The lowest BCUT2D eigenvalue weighted by Gasteiger charge is -2.25. The van der Waals surface area contributed by atoms with Gasteiger partial charge in [0.05, 0.1) is 39.9 Å². The van der Waals surface area contributed by atoms with E-state index in [-0.39, 0.29) is 19.1 Å². The summed E-state index contributed by atoms with van der Waals surface area (Å²) in [6, 6.07) is -0.862. The fourth-order valence-corrected chi connectivity index (χ4v) is 8.82. The van der Waals surface area contributed by atoms with E-state index in [1.165, 1.54) is 193 Å². The van der Waals surface area contributed by atoms with Gasteiger partial charge >= 0.3 is 7.82 Å². The van der Waals surface area contributed by atoms with E-state index in [9.17, 15) is 19.4 Å². The molecular formula is C57H110N2O6P+. The molecule has 0 aromatic carbocycles. The molecule has 0 aliphatic rings. The standard InChI is InChI=1S/C57H109N2O6P/c1-6-8-10-12-14-16-18-20-22-23-24-25-26-27-28-29-30-31-32-33-34-35-37-39-41-43-45-47-49-51-57(61)58-55(54-65-66(62,63)64-53-52-59(3,4)5)56(60)50-48-46-44-42-40-38-36-21-19-17-15-13-11-9-7-2/h18,20,23-24,40,42,48,50,55-56,60H,6-17,19,21-22,25-39,41,43-47,49,51-54H2,1-5H3,(H-,58,61,62,63)/p+1/b20-18-,24-23-,42-40+,50-48+. The minimum Gasteiger partial charge on any atom is -0.387 e. The number of allylic oxidation sites excluding steroid dienone is 7. The second-order valence-electron chi connectivity index (χ2n) is 20.3. The van der Waals surface area contributed by atoms with Gasteiger partial charge in [-0.05, 0) is 64.2 Å². The van der Waals surface area contributed by atoms with Crippen molar-refractivity contribution in [3.63, 3.8) is 0 Å². The van der Waals surface area contributed by atoms with Crippen molar-refractivity contribution >= 4 is 13.7 Å². The fraction of sp³-hybridized carbons (Fsp3) is 0.842. The number of carbonyl (C=O) groups is 1. The van der Waals surface area contributed by atoms with Crippen LogP contribution in [-0.4, -0.2) is 73.4 Å². The molecule has 8 nitrogen and oxygen atoms in total. The van der Waals surface area contributed by atoms with Crippen LogP contribution in [0.15, 0.2) is 48.6 Å². The molecule has 0 aliphatic carbocycles. The predicted octanol–water partition coefficient (Wildman–Crippen LogP) is 16.8. The lowest BCUT2D eigenvalue weighted by Crippen LogP contribution is -2.45. The van der Waals surface area contributed by atoms with Gasteiger partial charge in [0.15, 0.2) is 0 Å². The largest absolute Gasteiger partial charge is 0.472 e. The molecular weight excluding hydrogens is 840 g/mol. The van der Waals surface area contributed by atoms with Crippen LogP contribution in [0.5, 0.6) is 0 Å². The number of unbranched alkanes of at least 4 members (excludes halogenated alkanes) is 32. The molecule has 0 spiro atoms. The number of phosphoric ester groups is 1. The summed E-state index contributed by atoms with van der Waals surface area (Å²) in [6.45, 7) is 4.80. The molecule has 0 bridgehead atoms. The second-order valence-corrected chi connectivity index (χ2v) is 21.8. The van der Waals surface area contributed by atoms with Gasteiger partial charge in [0.2, 0.25) is 5.91 Å². The highest BCUT2D eigenvalue weighted by molar-refractivity contribution is 7.47. The normalized spacial score (nSPS) is 14.3. The molecule has 0 rings (SSSR count). The molecule has 0 radical (unpaired) electrons. The summed E-state index contributed by atoms with van der Waals surface area (Å²) in [5.41, 5.74) is 0. The number of amides is 1. The number of carbonyl (C=O) groups excluding carboxylic acids is 1. The van der Waals surface area contributed by atoms with Crippen LogP contribution >= 0.6 is 7.82 Å². The molecule has 0 aromatic rings. The fourth-order valence-electron chi connectivity index (χ4n) is 8.09. The highest BCUT2D eigenvalue weighted by Crippen LogP contribution is 2.43. The first-order valence-corrected chi connectivity index (χ1v) is 29.5. The number of nitrogens with zero attached hydrogens (tertiary/aromatic N) is 1. The minimum absolute atomic E-state index is 0.0564. The van der Waals surface area contributed by atoms with Gasteiger partial charge in [0, 0.05) is 6.42 Å². The molecule has 0 saturated carbocycles. The molecule has 1 amide bonds. The van der Waals surface area contributed by atoms with Crippen molar-refractivity contribution in [1.29, 1.82) is 0 Å². The summed E-state index contributed by atoms with van der Waals surface area (Å²) >= 11 is 0. The Morgan fingerprint density at radius 3 is 1.30 bits per heavy atom. The Balaban J connectivity index is 4.14. The maximum Gasteiger partial charge on any atom is 0.472 e. The molecule has 0 aliphatic heterocycles. The molecule has 0 heterocycles. The quantitative estimate of drug-likeness (QED) is 0.0243. The molecule has 0 saturated heterocycles. The van der Waals surface area contributed by atoms with Gasteiger partial charge in [-0.15, -0.1) is 0 Å².